The molecule has 0 unspecified atom stereocenters. The molecule has 0 radical (unpaired) electrons. The fourth-order valence-electron chi connectivity index (χ4n) is 6.75. The quantitative estimate of drug-likeness (QED) is 0.0946. The van der Waals surface area contributed by atoms with Gasteiger partial charge in [0.25, 0.3) is 0 Å². The number of phenolic OH excluding ortho intramolecular Hbond substituents is 1. The third-order valence-corrected chi connectivity index (χ3v) is 9.78. The highest BCUT2D eigenvalue weighted by Gasteiger charge is 2.30. The van der Waals surface area contributed by atoms with Gasteiger partial charge in [0, 0.05) is 48.9 Å². The van der Waals surface area contributed by atoms with Crippen molar-refractivity contribution in [3.05, 3.63) is 71.7 Å². The number of rotatable bonds is 17. The van der Waals surface area contributed by atoms with E-state index in [9.17, 15) is 30.6 Å². The molecule has 1 aliphatic rings. The number of aromatic nitrogens is 2. The largest absolute Gasteiger partial charge is 0.504 e. The summed E-state index contributed by atoms with van der Waals surface area (Å²) in [6.07, 6.45) is 4.45. The van der Waals surface area contributed by atoms with Crippen molar-refractivity contribution < 1.29 is 35.4 Å². The molecule has 0 amide bonds. The molecule has 50 heavy (non-hydrogen) atoms. The van der Waals surface area contributed by atoms with E-state index in [-0.39, 0.29) is 29.4 Å². The van der Waals surface area contributed by atoms with Gasteiger partial charge in [0.05, 0.1) is 24.9 Å². The first-order valence-electron chi connectivity index (χ1n) is 17.9. The van der Waals surface area contributed by atoms with Gasteiger partial charge in [0.15, 0.2) is 11.5 Å². The highest BCUT2D eigenvalue weighted by atomic mass is 16.5. The van der Waals surface area contributed by atoms with Crippen LogP contribution in [-0.2, 0) is 12.8 Å². The number of aliphatic hydroxyl groups is 5. The molecule has 1 aliphatic carbocycles. The minimum absolute atomic E-state index is 0.110. The van der Waals surface area contributed by atoms with Gasteiger partial charge in [-0.2, -0.15) is 0 Å². The van der Waals surface area contributed by atoms with E-state index in [1.165, 1.54) is 6.07 Å². The summed E-state index contributed by atoms with van der Waals surface area (Å²) in [6.45, 7) is 3.80. The van der Waals surface area contributed by atoms with Crippen molar-refractivity contribution in [2.75, 3.05) is 18.9 Å². The normalized spacial score (nSPS) is 22.8. The zero-order valence-electron chi connectivity index (χ0n) is 29.3. The van der Waals surface area contributed by atoms with Crippen LogP contribution in [-0.4, -0.2) is 90.3 Å². The van der Waals surface area contributed by atoms with Crippen molar-refractivity contribution in [2.45, 2.75) is 114 Å². The fourth-order valence-corrected chi connectivity index (χ4v) is 6.75. The smallest absolute Gasteiger partial charge is 0.161 e. The molecule has 3 aromatic rings. The van der Waals surface area contributed by atoms with Crippen LogP contribution < -0.4 is 15.8 Å². The number of aryl methyl sites for hydroxylation is 1. The van der Waals surface area contributed by atoms with E-state index >= 15 is 0 Å². The molecule has 9 atom stereocenters. The number of anilines is 1. The Bertz CT molecular complexity index is 1490. The average molecular weight is 693 g/mol. The van der Waals surface area contributed by atoms with E-state index in [0.29, 0.717) is 50.9 Å². The van der Waals surface area contributed by atoms with Gasteiger partial charge in [-0.1, -0.05) is 18.9 Å². The topological polar surface area (TPSA) is 197 Å². The summed E-state index contributed by atoms with van der Waals surface area (Å²) < 4.78 is 6.24. The number of aromatic amines is 1. The van der Waals surface area contributed by atoms with E-state index < -0.39 is 43.0 Å². The monoisotopic (exact) mass is 692 g/mol. The van der Waals surface area contributed by atoms with Crippen molar-refractivity contribution in [2.24, 2.45) is 11.8 Å². The van der Waals surface area contributed by atoms with Gasteiger partial charge in [-0.3, -0.25) is 0 Å². The molecule has 0 spiro atoms. The van der Waals surface area contributed by atoms with Crippen LogP contribution in [0.25, 0.3) is 0 Å². The van der Waals surface area contributed by atoms with Gasteiger partial charge < -0.3 is 51.4 Å². The Balaban J connectivity index is 1.45. The summed E-state index contributed by atoms with van der Waals surface area (Å²) in [6, 6.07) is 12.6. The molecule has 0 fully saturated rings. The first kappa shape index (κ1) is 39.2. The molecular formula is C39H56N4O7. The highest BCUT2D eigenvalue weighted by Crippen LogP contribution is 2.34. The summed E-state index contributed by atoms with van der Waals surface area (Å²) >= 11 is 0. The van der Waals surface area contributed by atoms with Crippen LogP contribution in [0.5, 0.6) is 11.5 Å². The van der Waals surface area contributed by atoms with Gasteiger partial charge in [-0.25, -0.2) is 4.98 Å². The molecule has 11 nitrogen and oxygen atoms in total. The number of aromatic hydroxyl groups is 1. The van der Waals surface area contributed by atoms with Crippen LogP contribution in [0.2, 0.25) is 0 Å². The number of benzene rings is 1. The second kappa shape index (κ2) is 19.7. The average Bonchev–Trinajstić information content (AvgIpc) is 3.62. The molecule has 4 rings (SSSR count). The Kier molecular flexibility index (Phi) is 15.4. The molecule has 10 N–H and O–H groups in total. The van der Waals surface area contributed by atoms with E-state index in [4.69, 9.17) is 10.5 Å². The molecule has 11 heteroatoms. The molecule has 2 heterocycles. The van der Waals surface area contributed by atoms with E-state index in [1.54, 1.807) is 31.3 Å². The molecule has 2 aromatic heterocycles. The van der Waals surface area contributed by atoms with Crippen LogP contribution >= 0.6 is 0 Å². The summed E-state index contributed by atoms with van der Waals surface area (Å²) in [5.74, 6) is 6.63. The van der Waals surface area contributed by atoms with Gasteiger partial charge in [0.1, 0.15) is 18.0 Å². The lowest BCUT2D eigenvalue weighted by atomic mass is 9.84. The number of ether oxygens (including phenoxy) is 1. The van der Waals surface area contributed by atoms with Crippen LogP contribution in [0.1, 0.15) is 81.5 Å². The van der Waals surface area contributed by atoms with Crippen molar-refractivity contribution in [3.63, 3.8) is 0 Å². The van der Waals surface area contributed by atoms with Crippen LogP contribution in [0.4, 0.5) is 5.82 Å². The maximum atomic E-state index is 11.3. The van der Waals surface area contributed by atoms with Crippen molar-refractivity contribution >= 4 is 5.82 Å². The number of nitrogens with zero attached hydrogens (tertiary/aromatic N) is 1. The summed E-state index contributed by atoms with van der Waals surface area (Å²) in [4.78, 5) is 7.33. The zero-order chi connectivity index (χ0) is 36.0. The van der Waals surface area contributed by atoms with Crippen molar-refractivity contribution in [3.8, 4) is 23.3 Å². The van der Waals surface area contributed by atoms with E-state index in [1.807, 2.05) is 24.4 Å². The Morgan fingerprint density at radius 3 is 2.66 bits per heavy atom. The molecule has 1 aromatic carbocycles. The molecule has 0 aliphatic heterocycles. The third kappa shape index (κ3) is 12.0. The van der Waals surface area contributed by atoms with Crippen LogP contribution in [0, 0.1) is 23.7 Å². The molecule has 0 saturated carbocycles. The lowest BCUT2D eigenvalue weighted by molar-refractivity contribution is -0.00843. The fraction of sp³-hybridized carbons (Fsp3) is 0.564. The zero-order valence-corrected chi connectivity index (χ0v) is 29.3. The predicted molar refractivity (Wildman–Crippen MR) is 193 cm³/mol. The summed E-state index contributed by atoms with van der Waals surface area (Å²) in [5.41, 5.74) is 8.68. The molecule has 0 saturated heterocycles. The standard InChI is InChI=1S/C39H56N4O7/c1-3-26-6-4-8-32(34(47)14-11-31(18-26)43-23-25(2)45)33(46)12-9-27-10-13-35(48)37(19-27)50-38(36(49)24-44)21-29(20-30-7-5-16-41-30)28-15-17-42-39(40)22-28/h5,7,10,13,15-17,19,22,25-26,29,31-34,36,38,41,43-49H,3,8-9,11-12,14,18,20-21,23-24H2,1-2H3,(H2,40,42)/t25-,26+,29-,31+,32+,33+,34-,36+,38+/m0/s1. The highest BCUT2D eigenvalue weighted by molar-refractivity contribution is 5.42. The lowest BCUT2D eigenvalue weighted by Gasteiger charge is -2.30. The number of nitrogens with two attached hydrogens (primary N) is 1. The summed E-state index contributed by atoms with van der Waals surface area (Å²) in [7, 11) is 0. The van der Waals surface area contributed by atoms with Crippen LogP contribution in [0.3, 0.4) is 0 Å². The number of nitrogens with one attached hydrogen (secondary N) is 2. The number of aliphatic hydroxyl groups excluding tert-OH is 5. The van der Waals surface area contributed by atoms with Crippen molar-refractivity contribution in [1.82, 2.24) is 15.3 Å². The number of H-pyrrole nitrogens is 1. The van der Waals surface area contributed by atoms with Gasteiger partial charge in [-0.05, 0) is 112 Å². The van der Waals surface area contributed by atoms with E-state index in [2.05, 4.69) is 34.0 Å². The van der Waals surface area contributed by atoms with Crippen LogP contribution in [0.15, 0.2) is 54.9 Å². The molecular weight excluding hydrogens is 636 g/mol. The minimum Gasteiger partial charge on any atom is -0.504 e. The number of pyridine rings is 1. The Morgan fingerprint density at radius 1 is 1.14 bits per heavy atom. The van der Waals surface area contributed by atoms with Crippen molar-refractivity contribution in [1.29, 1.82) is 0 Å². The predicted octanol–water partition coefficient (Wildman–Crippen LogP) is 3.43. The first-order valence-corrected chi connectivity index (χ1v) is 17.9. The third-order valence-electron chi connectivity index (χ3n) is 9.78. The lowest BCUT2D eigenvalue weighted by Crippen LogP contribution is -2.38. The van der Waals surface area contributed by atoms with Gasteiger partial charge in [-0.15, -0.1) is 5.92 Å². The Morgan fingerprint density at radius 2 is 1.96 bits per heavy atom. The first-order chi connectivity index (χ1) is 24.1. The maximum Gasteiger partial charge on any atom is 0.161 e. The SMILES string of the molecule is CC[C@@H]1C#CC[C@H]([C@H](O)CCc2ccc(O)c(O[C@H](C[C@H](Cc3ccc[nH]3)c3ccnc(N)c3)[C@H](O)CO)c2)[C@@H](O)CC[C@@H](NC[C@H](C)O)C1. The van der Waals surface area contributed by atoms with Gasteiger partial charge >= 0.3 is 0 Å². The number of hydrogen-bond donors (Lipinski definition) is 9. The number of hydrogen-bond acceptors (Lipinski definition) is 10. The Hall–Kier alpha value is -3.63. The molecule has 274 valence electrons. The second-order valence-electron chi connectivity index (χ2n) is 13.8. The second-order valence-corrected chi connectivity index (χ2v) is 13.8. The maximum absolute atomic E-state index is 11.3. The number of nitrogen functional groups attached to an aromatic ring is 1. The van der Waals surface area contributed by atoms with E-state index in [0.717, 1.165) is 36.1 Å². The Labute approximate surface area is 295 Å². The summed E-state index contributed by atoms with van der Waals surface area (Å²) in [5, 5.41) is 67.3. The van der Waals surface area contributed by atoms with Gasteiger partial charge in [0.2, 0.25) is 0 Å². The minimum atomic E-state index is -1.23. The number of phenols is 1. The molecule has 0 bridgehead atoms.